The SMILES string of the molecule is COC(=O)C1CCC(Oc2ccncc2)CC1.O=CO. The van der Waals surface area contributed by atoms with Gasteiger partial charge in [0.05, 0.1) is 19.1 Å². The Labute approximate surface area is 117 Å². The van der Waals surface area contributed by atoms with Gasteiger partial charge in [-0.2, -0.15) is 0 Å². The van der Waals surface area contributed by atoms with Crippen LogP contribution >= 0.6 is 0 Å². The van der Waals surface area contributed by atoms with Crippen LogP contribution in [0.4, 0.5) is 0 Å². The van der Waals surface area contributed by atoms with Crippen LogP contribution in [0.25, 0.3) is 0 Å². The Balaban J connectivity index is 0.000000612. The minimum atomic E-state index is -0.250. The van der Waals surface area contributed by atoms with Gasteiger partial charge in [0.2, 0.25) is 0 Å². The minimum absolute atomic E-state index is 0.0530. The molecular weight excluding hydrogens is 262 g/mol. The van der Waals surface area contributed by atoms with Crippen LogP contribution in [0.2, 0.25) is 0 Å². The molecule has 1 aliphatic carbocycles. The number of methoxy groups -OCH3 is 1. The molecule has 0 spiro atoms. The van der Waals surface area contributed by atoms with E-state index in [9.17, 15) is 4.79 Å². The Morgan fingerprint density at radius 1 is 1.30 bits per heavy atom. The van der Waals surface area contributed by atoms with E-state index in [2.05, 4.69) is 4.98 Å². The monoisotopic (exact) mass is 281 g/mol. The highest BCUT2D eigenvalue weighted by atomic mass is 16.5. The summed E-state index contributed by atoms with van der Waals surface area (Å²) in [5.74, 6) is 0.811. The summed E-state index contributed by atoms with van der Waals surface area (Å²) in [5, 5.41) is 6.89. The number of carbonyl (C=O) groups excluding carboxylic acids is 1. The molecule has 0 atom stereocenters. The molecule has 0 unspecified atom stereocenters. The van der Waals surface area contributed by atoms with Gasteiger partial charge in [-0.1, -0.05) is 0 Å². The van der Waals surface area contributed by atoms with Crippen molar-refractivity contribution in [2.75, 3.05) is 7.11 Å². The van der Waals surface area contributed by atoms with Crippen LogP contribution < -0.4 is 4.74 Å². The molecule has 6 nitrogen and oxygen atoms in total. The van der Waals surface area contributed by atoms with Crippen molar-refractivity contribution in [3.05, 3.63) is 24.5 Å². The Bertz CT molecular complexity index is 401. The number of pyridine rings is 1. The van der Waals surface area contributed by atoms with Crippen molar-refractivity contribution in [2.24, 2.45) is 5.92 Å². The fourth-order valence-corrected chi connectivity index (χ4v) is 2.19. The number of nitrogens with zero attached hydrogens (tertiary/aromatic N) is 1. The van der Waals surface area contributed by atoms with Crippen molar-refractivity contribution in [2.45, 2.75) is 31.8 Å². The lowest BCUT2D eigenvalue weighted by Gasteiger charge is -2.27. The first-order valence-electron chi connectivity index (χ1n) is 6.43. The molecule has 0 radical (unpaired) electrons. The van der Waals surface area contributed by atoms with Gasteiger partial charge in [0.25, 0.3) is 6.47 Å². The molecule has 1 saturated carbocycles. The van der Waals surface area contributed by atoms with Crippen LogP contribution in [0.3, 0.4) is 0 Å². The summed E-state index contributed by atoms with van der Waals surface area (Å²) in [7, 11) is 1.45. The molecule has 1 fully saturated rings. The third kappa shape index (κ3) is 5.26. The van der Waals surface area contributed by atoms with Crippen LogP contribution in [0.1, 0.15) is 25.7 Å². The van der Waals surface area contributed by atoms with Crippen molar-refractivity contribution in [3.63, 3.8) is 0 Å². The zero-order valence-corrected chi connectivity index (χ0v) is 11.4. The van der Waals surface area contributed by atoms with Crippen LogP contribution in [0.5, 0.6) is 5.75 Å². The van der Waals surface area contributed by atoms with E-state index in [-0.39, 0.29) is 24.5 Å². The number of rotatable bonds is 3. The zero-order valence-electron chi connectivity index (χ0n) is 11.4. The van der Waals surface area contributed by atoms with Crippen molar-refractivity contribution in [3.8, 4) is 5.75 Å². The Kier molecular flexibility index (Phi) is 7.10. The second-order valence-corrected chi connectivity index (χ2v) is 4.40. The molecule has 0 amide bonds. The van der Waals surface area contributed by atoms with E-state index in [4.69, 9.17) is 19.4 Å². The highest BCUT2D eigenvalue weighted by Crippen LogP contribution is 2.28. The van der Waals surface area contributed by atoms with Crippen LogP contribution in [0, 0.1) is 5.92 Å². The first-order chi connectivity index (χ1) is 9.71. The molecule has 0 saturated heterocycles. The highest BCUT2D eigenvalue weighted by molar-refractivity contribution is 5.72. The number of carbonyl (C=O) groups is 2. The van der Waals surface area contributed by atoms with Gasteiger partial charge >= 0.3 is 5.97 Å². The third-order valence-corrected chi connectivity index (χ3v) is 3.16. The summed E-state index contributed by atoms with van der Waals surface area (Å²) in [6.07, 6.45) is 7.15. The van der Waals surface area contributed by atoms with Gasteiger partial charge in [-0.15, -0.1) is 0 Å². The zero-order chi connectivity index (χ0) is 14.8. The Morgan fingerprint density at radius 3 is 2.35 bits per heavy atom. The van der Waals surface area contributed by atoms with Crippen LogP contribution in [-0.2, 0) is 14.3 Å². The predicted molar refractivity (Wildman–Crippen MR) is 71.3 cm³/mol. The summed E-state index contributed by atoms with van der Waals surface area (Å²) in [4.78, 5) is 23.7. The lowest BCUT2D eigenvalue weighted by atomic mass is 9.87. The first kappa shape index (κ1) is 15.9. The van der Waals surface area contributed by atoms with Gasteiger partial charge in [-0.05, 0) is 37.8 Å². The molecule has 0 aromatic carbocycles. The summed E-state index contributed by atoms with van der Waals surface area (Å²) in [6.45, 7) is -0.250. The molecule has 20 heavy (non-hydrogen) atoms. The molecule has 1 aromatic rings. The van der Waals surface area contributed by atoms with Gasteiger partial charge in [0.15, 0.2) is 0 Å². The molecule has 1 aliphatic rings. The maximum Gasteiger partial charge on any atom is 0.308 e. The summed E-state index contributed by atoms with van der Waals surface area (Å²) in [6, 6.07) is 3.71. The maximum atomic E-state index is 11.4. The number of ether oxygens (including phenoxy) is 2. The summed E-state index contributed by atoms with van der Waals surface area (Å²) < 4.78 is 10.6. The molecule has 0 bridgehead atoms. The lowest BCUT2D eigenvalue weighted by Crippen LogP contribution is -2.28. The minimum Gasteiger partial charge on any atom is -0.490 e. The van der Waals surface area contributed by atoms with Crippen molar-refractivity contribution in [1.82, 2.24) is 4.98 Å². The summed E-state index contributed by atoms with van der Waals surface area (Å²) in [5.41, 5.74) is 0. The van der Waals surface area contributed by atoms with Crippen molar-refractivity contribution < 1.29 is 24.2 Å². The fourth-order valence-electron chi connectivity index (χ4n) is 2.19. The number of hydrogen-bond acceptors (Lipinski definition) is 5. The topological polar surface area (TPSA) is 85.7 Å². The van der Waals surface area contributed by atoms with Crippen LogP contribution in [0.15, 0.2) is 24.5 Å². The van der Waals surface area contributed by atoms with Crippen LogP contribution in [-0.4, -0.2) is 35.7 Å². The first-order valence-corrected chi connectivity index (χ1v) is 6.43. The highest BCUT2D eigenvalue weighted by Gasteiger charge is 2.27. The van der Waals surface area contributed by atoms with Gasteiger partial charge in [0.1, 0.15) is 5.75 Å². The second kappa shape index (κ2) is 8.90. The number of aromatic nitrogens is 1. The average Bonchev–Trinajstić information content (AvgIpc) is 2.49. The van der Waals surface area contributed by atoms with Gasteiger partial charge in [-0.25, -0.2) is 0 Å². The molecule has 1 N–H and O–H groups in total. The molecular formula is C14H19NO5. The van der Waals surface area contributed by atoms with E-state index in [1.54, 1.807) is 12.4 Å². The van der Waals surface area contributed by atoms with Gasteiger partial charge in [0, 0.05) is 12.4 Å². The van der Waals surface area contributed by atoms with E-state index in [0.29, 0.717) is 0 Å². The molecule has 2 rings (SSSR count). The van der Waals surface area contributed by atoms with Gasteiger partial charge in [-0.3, -0.25) is 14.6 Å². The quantitative estimate of drug-likeness (QED) is 0.672. The number of carboxylic acid groups (broad SMARTS) is 1. The standard InChI is InChI=1S/C13H17NO3.CH2O2/c1-16-13(15)10-2-4-11(5-3-10)17-12-6-8-14-9-7-12;2-1-3/h6-11H,2-5H2,1H3;1H,(H,2,3). The number of esters is 1. The third-order valence-electron chi connectivity index (χ3n) is 3.16. The Morgan fingerprint density at radius 2 is 1.85 bits per heavy atom. The Hall–Kier alpha value is -2.11. The van der Waals surface area contributed by atoms with E-state index in [1.165, 1.54) is 7.11 Å². The summed E-state index contributed by atoms with van der Waals surface area (Å²) >= 11 is 0. The lowest BCUT2D eigenvalue weighted by molar-refractivity contribution is -0.147. The molecule has 1 aromatic heterocycles. The molecule has 1 heterocycles. The van der Waals surface area contributed by atoms with E-state index in [1.807, 2.05) is 12.1 Å². The second-order valence-electron chi connectivity index (χ2n) is 4.40. The van der Waals surface area contributed by atoms with E-state index < -0.39 is 0 Å². The molecule has 110 valence electrons. The molecule has 0 aliphatic heterocycles. The van der Waals surface area contributed by atoms with Gasteiger partial charge < -0.3 is 14.6 Å². The fraction of sp³-hybridized carbons (Fsp3) is 0.500. The largest absolute Gasteiger partial charge is 0.490 e. The average molecular weight is 281 g/mol. The van der Waals surface area contributed by atoms with E-state index >= 15 is 0 Å². The predicted octanol–water partition coefficient (Wildman–Crippen LogP) is 1.89. The normalized spacial score (nSPS) is 21.1. The van der Waals surface area contributed by atoms with E-state index in [0.717, 1.165) is 31.4 Å². The maximum absolute atomic E-state index is 11.4. The van der Waals surface area contributed by atoms with Crippen molar-refractivity contribution in [1.29, 1.82) is 0 Å². The number of hydrogen-bond donors (Lipinski definition) is 1. The molecule has 6 heteroatoms. The van der Waals surface area contributed by atoms with Crippen molar-refractivity contribution >= 4 is 12.4 Å². The smallest absolute Gasteiger partial charge is 0.308 e.